The molecule has 32 heavy (non-hydrogen) atoms. The van der Waals surface area contributed by atoms with Crippen LogP contribution in [0.5, 0.6) is 0 Å². The van der Waals surface area contributed by atoms with Gasteiger partial charge in [0.05, 0.1) is 6.61 Å². The van der Waals surface area contributed by atoms with Gasteiger partial charge < -0.3 is 25.2 Å². The number of hydrogen-bond donors (Lipinski definition) is 4. The van der Waals surface area contributed by atoms with Crippen molar-refractivity contribution in [2.24, 2.45) is 5.41 Å². The van der Waals surface area contributed by atoms with E-state index in [1.807, 2.05) is 6.07 Å². The summed E-state index contributed by atoms with van der Waals surface area (Å²) in [6.45, 7) is -0.446. The molecular weight excluding hydrogens is 428 g/mol. The van der Waals surface area contributed by atoms with Gasteiger partial charge in [-0.3, -0.25) is 0 Å². The zero-order chi connectivity index (χ0) is 22.5. The molecule has 2 aliphatic carbocycles. The van der Waals surface area contributed by atoms with E-state index in [0.717, 1.165) is 12.0 Å². The fourth-order valence-electron chi connectivity index (χ4n) is 5.69. The highest BCUT2D eigenvalue weighted by atomic mass is 35.5. The van der Waals surface area contributed by atoms with Crippen LogP contribution in [0.3, 0.4) is 0 Å². The highest BCUT2D eigenvalue weighted by Crippen LogP contribution is 2.50. The molecule has 2 fully saturated rings. The van der Waals surface area contributed by atoms with Crippen LogP contribution >= 0.6 is 11.6 Å². The van der Waals surface area contributed by atoms with Crippen LogP contribution in [0.4, 0.5) is 0 Å². The minimum atomic E-state index is -1.40. The fourth-order valence-corrected chi connectivity index (χ4v) is 5.88. The summed E-state index contributed by atoms with van der Waals surface area (Å²) < 4.78 is 5.72. The van der Waals surface area contributed by atoms with Gasteiger partial charge in [0.25, 0.3) is 0 Å². The van der Waals surface area contributed by atoms with Gasteiger partial charge in [0, 0.05) is 5.02 Å². The average Bonchev–Trinajstić information content (AvgIpc) is 2.78. The molecular formula is C26H31ClO5. The number of halogens is 1. The predicted molar refractivity (Wildman–Crippen MR) is 122 cm³/mol. The highest BCUT2D eigenvalue weighted by Gasteiger charge is 2.44. The molecule has 1 heterocycles. The van der Waals surface area contributed by atoms with Gasteiger partial charge in [-0.15, -0.1) is 0 Å². The normalized spacial score (nSPS) is 31.2. The molecule has 3 aliphatic rings. The molecule has 2 aromatic carbocycles. The molecule has 1 spiro atoms. The van der Waals surface area contributed by atoms with Crippen LogP contribution in [0.2, 0.25) is 5.02 Å². The van der Waals surface area contributed by atoms with Crippen LogP contribution in [0, 0.1) is 5.41 Å². The van der Waals surface area contributed by atoms with Crippen LogP contribution in [0.15, 0.2) is 36.4 Å². The third kappa shape index (κ3) is 4.00. The molecule has 1 aliphatic heterocycles. The smallest absolute Gasteiger partial charge is 0.113 e. The molecule has 1 saturated heterocycles. The van der Waals surface area contributed by atoms with Crippen LogP contribution in [-0.4, -0.2) is 51.4 Å². The number of aliphatic hydroxyl groups is 4. The first-order valence-corrected chi connectivity index (χ1v) is 12.0. The summed E-state index contributed by atoms with van der Waals surface area (Å²) in [5, 5.41) is 40.8. The van der Waals surface area contributed by atoms with E-state index in [1.165, 1.54) is 48.8 Å². The van der Waals surface area contributed by atoms with E-state index < -0.39 is 37.1 Å². The average molecular weight is 459 g/mol. The third-order valence-corrected chi connectivity index (χ3v) is 8.23. The molecule has 5 nitrogen and oxygen atoms in total. The van der Waals surface area contributed by atoms with Gasteiger partial charge in [0.1, 0.15) is 30.5 Å². The Hall–Kier alpha value is -1.47. The maximum atomic E-state index is 10.5. The molecule has 172 valence electrons. The largest absolute Gasteiger partial charge is 0.394 e. The second kappa shape index (κ2) is 8.71. The van der Waals surface area contributed by atoms with Crippen molar-refractivity contribution in [3.05, 3.63) is 69.2 Å². The summed E-state index contributed by atoms with van der Waals surface area (Å²) in [6.07, 6.45) is 2.54. The maximum absolute atomic E-state index is 10.5. The Labute approximate surface area is 193 Å². The van der Waals surface area contributed by atoms with Crippen LogP contribution in [-0.2, 0) is 24.0 Å². The van der Waals surface area contributed by atoms with Crippen molar-refractivity contribution in [2.45, 2.75) is 75.5 Å². The molecule has 6 heteroatoms. The van der Waals surface area contributed by atoms with Crippen molar-refractivity contribution < 1.29 is 25.2 Å². The number of ether oxygens (including phenoxy) is 1. The Kier molecular flexibility index (Phi) is 6.08. The zero-order valence-corrected chi connectivity index (χ0v) is 18.8. The molecule has 2 aromatic rings. The minimum Gasteiger partial charge on any atom is -0.394 e. The van der Waals surface area contributed by atoms with E-state index in [4.69, 9.17) is 16.3 Å². The van der Waals surface area contributed by atoms with Crippen molar-refractivity contribution in [1.82, 2.24) is 0 Å². The summed E-state index contributed by atoms with van der Waals surface area (Å²) in [5.74, 6) is 0. The molecule has 1 saturated carbocycles. The lowest BCUT2D eigenvalue weighted by Gasteiger charge is -2.45. The number of rotatable bonds is 4. The Morgan fingerprint density at radius 2 is 1.75 bits per heavy atom. The van der Waals surface area contributed by atoms with Crippen LogP contribution in [0.1, 0.15) is 59.6 Å². The molecule has 5 rings (SSSR count). The summed E-state index contributed by atoms with van der Waals surface area (Å²) in [5.41, 5.74) is 6.26. The highest BCUT2D eigenvalue weighted by molar-refractivity contribution is 6.31. The summed E-state index contributed by atoms with van der Waals surface area (Å²) in [4.78, 5) is 0. The number of hydrogen-bond acceptors (Lipinski definition) is 5. The van der Waals surface area contributed by atoms with Gasteiger partial charge >= 0.3 is 0 Å². The van der Waals surface area contributed by atoms with Crippen LogP contribution < -0.4 is 0 Å². The van der Waals surface area contributed by atoms with E-state index >= 15 is 0 Å². The Balaban J connectivity index is 1.37. The topological polar surface area (TPSA) is 90.2 Å². The Morgan fingerprint density at radius 1 is 0.938 bits per heavy atom. The third-order valence-electron chi connectivity index (χ3n) is 7.86. The van der Waals surface area contributed by atoms with E-state index in [-0.39, 0.29) is 0 Å². The molecule has 5 atom stereocenters. The first kappa shape index (κ1) is 22.3. The first-order valence-electron chi connectivity index (χ1n) is 11.6. The monoisotopic (exact) mass is 458 g/mol. The van der Waals surface area contributed by atoms with Gasteiger partial charge in [0.2, 0.25) is 0 Å². The zero-order valence-electron chi connectivity index (χ0n) is 18.1. The summed E-state index contributed by atoms with van der Waals surface area (Å²) in [6, 6.07) is 12.2. The molecule has 1 unspecified atom stereocenters. The molecule has 0 radical (unpaired) electrons. The number of benzene rings is 2. The lowest BCUT2D eigenvalue weighted by molar-refractivity contribution is -0.231. The van der Waals surface area contributed by atoms with Crippen molar-refractivity contribution in [2.75, 3.05) is 6.61 Å². The van der Waals surface area contributed by atoms with E-state index in [9.17, 15) is 20.4 Å². The summed E-state index contributed by atoms with van der Waals surface area (Å²) >= 11 is 6.50. The summed E-state index contributed by atoms with van der Waals surface area (Å²) in [7, 11) is 0. The molecule has 0 bridgehead atoms. The van der Waals surface area contributed by atoms with E-state index in [0.29, 0.717) is 22.4 Å². The predicted octanol–water partition coefficient (Wildman–Crippen LogP) is 3.10. The Morgan fingerprint density at radius 3 is 2.47 bits per heavy atom. The Bertz CT molecular complexity index is 986. The number of aliphatic hydroxyl groups excluding tert-OH is 4. The van der Waals surface area contributed by atoms with Crippen molar-refractivity contribution >= 4 is 11.6 Å². The second-order valence-electron chi connectivity index (χ2n) is 9.91. The van der Waals surface area contributed by atoms with E-state index in [2.05, 4.69) is 18.2 Å². The van der Waals surface area contributed by atoms with E-state index in [1.54, 1.807) is 12.1 Å². The number of aryl methyl sites for hydroxylation is 1. The number of fused-ring (bicyclic) bond motifs is 1. The maximum Gasteiger partial charge on any atom is 0.113 e. The molecule has 0 aromatic heterocycles. The van der Waals surface area contributed by atoms with Gasteiger partial charge in [0.15, 0.2) is 0 Å². The first-order chi connectivity index (χ1) is 15.4. The van der Waals surface area contributed by atoms with Crippen molar-refractivity contribution in [3.63, 3.8) is 0 Å². The lowest BCUT2D eigenvalue weighted by atomic mass is 9.59. The van der Waals surface area contributed by atoms with Gasteiger partial charge in [-0.05, 0) is 77.8 Å². The molecule has 0 amide bonds. The fraction of sp³-hybridized carbons (Fsp3) is 0.538. The minimum absolute atomic E-state index is 0.446. The molecule has 4 N–H and O–H groups in total. The quantitative estimate of drug-likeness (QED) is 0.565. The van der Waals surface area contributed by atoms with Gasteiger partial charge in [-0.1, -0.05) is 48.4 Å². The van der Waals surface area contributed by atoms with Gasteiger partial charge in [-0.25, -0.2) is 0 Å². The lowest BCUT2D eigenvalue weighted by Crippen LogP contribution is -2.55. The van der Waals surface area contributed by atoms with Gasteiger partial charge in [-0.2, -0.15) is 0 Å². The van der Waals surface area contributed by atoms with Crippen molar-refractivity contribution in [1.29, 1.82) is 0 Å². The van der Waals surface area contributed by atoms with Crippen LogP contribution in [0.25, 0.3) is 0 Å². The second-order valence-corrected chi connectivity index (χ2v) is 10.3. The standard InChI is InChI=1S/C26H31ClO5/c27-20-5-4-17(25-24(31)23(30)22(29)21(14-28)32-25)12-19(20)11-15-2-3-18-13-26(7-1-8-26)9-6-16(18)10-15/h2-5,10,12,21-25,28-31H,1,6-9,11,13-14H2/t21-,22-,23+,24-,25?/m1/s1. The van der Waals surface area contributed by atoms with Crippen molar-refractivity contribution in [3.8, 4) is 0 Å². The SMILES string of the molecule is OC[C@H]1OC(c2ccc(Cl)c(Cc3ccc4c(c3)CCC3(CCC3)C4)c2)[C@H](O)[C@@H](O)[C@@H]1O.